The van der Waals surface area contributed by atoms with Crippen LogP contribution in [-0.2, 0) is 22.5 Å². The van der Waals surface area contributed by atoms with Crippen LogP contribution >= 0.6 is 0 Å². The number of rotatable bonds is 10. The van der Waals surface area contributed by atoms with Crippen LogP contribution in [0.25, 0.3) is 0 Å². The third-order valence-electron chi connectivity index (χ3n) is 5.32. The lowest BCUT2D eigenvalue weighted by molar-refractivity contribution is -0.143. The summed E-state index contributed by atoms with van der Waals surface area (Å²) in [5.74, 6) is -0.287. The minimum Gasteiger partial charge on any atom is -0.468 e. The Kier molecular flexibility index (Phi) is 8.57. The number of hydrogen-bond acceptors (Lipinski definition) is 8. The van der Waals surface area contributed by atoms with Crippen molar-refractivity contribution in [3.8, 4) is 0 Å². The monoisotopic (exact) mass is 430 g/mol. The van der Waals surface area contributed by atoms with Gasteiger partial charge in [0.2, 0.25) is 0 Å². The second-order valence-corrected chi connectivity index (χ2v) is 7.48. The number of nitrogens with zero attached hydrogens (tertiary/aromatic N) is 3. The minimum absolute atomic E-state index is 0.174. The molecule has 9 nitrogen and oxygen atoms in total. The molecule has 168 valence electrons. The zero-order valence-corrected chi connectivity index (χ0v) is 17.8. The van der Waals surface area contributed by atoms with Crippen molar-refractivity contribution < 1.29 is 23.8 Å². The molecule has 2 heterocycles. The lowest BCUT2D eigenvalue weighted by Crippen LogP contribution is -2.49. The molecule has 2 aromatic rings. The van der Waals surface area contributed by atoms with E-state index >= 15 is 0 Å². The third kappa shape index (κ3) is 6.61. The number of hydrogen-bond donors (Lipinski definition) is 2. The highest BCUT2D eigenvalue weighted by Gasteiger charge is 2.26. The molecule has 1 aliphatic rings. The molecule has 0 aliphatic carbocycles. The first-order valence-electron chi connectivity index (χ1n) is 10.5. The molecule has 1 unspecified atom stereocenters. The molecule has 1 fully saturated rings. The number of aromatic nitrogens is 1. The van der Waals surface area contributed by atoms with E-state index in [1.165, 1.54) is 13.4 Å². The predicted molar refractivity (Wildman–Crippen MR) is 113 cm³/mol. The summed E-state index contributed by atoms with van der Waals surface area (Å²) in [5, 5.41) is 12.1. The van der Waals surface area contributed by atoms with Crippen molar-refractivity contribution in [3.63, 3.8) is 0 Å². The molecule has 31 heavy (non-hydrogen) atoms. The largest absolute Gasteiger partial charge is 0.468 e. The fourth-order valence-electron chi connectivity index (χ4n) is 3.53. The Labute approximate surface area is 182 Å². The summed E-state index contributed by atoms with van der Waals surface area (Å²) in [7, 11) is 1.34. The first-order chi connectivity index (χ1) is 15.1. The van der Waals surface area contributed by atoms with Crippen molar-refractivity contribution in [2.75, 3.05) is 46.4 Å². The van der Waals surface area contributed by atoms with Gasteiger partial charge in [0.15, 0.2) is 11.6 Å². The summed E-state index contributed by atoms with van der Waals surface area (Å²) in [6, 6.07) is 9.09. The van der Waals surface area contributed by atoms with Crippen LogP contribution < -0.4 is 5.32 Å². The van der Waals surface area contributed by atoms with Crippen LogP contribution in [0.1, 0.15) is 28.4 Å². The van der Waals surface area contributed by atoms with Gasteiger partial charge < -0.3 is 19.2 Å². The van der Waals surface area contributed by atoms with E-state index in [2.05, 4.69) is 15.2 Å². The standard InChI is InChI=1S/C22H30N4O5/c1-30-22(29)18(23-15-17-6-3-2-4-7-17)14-20-24-19(16-31-20)21(28)26-11-9-25(10-12-26)8-5-13-27/h2-4,6-7,16,18,23,27H,5,8-15H2,1H3. The lowest BCUT2D eigenvalue weighted by atomic mass is 10.1. The summed E-state index contributed by atoms with van der Waals surface area (Å²) in [6.07, 6.45) is 2.27. The Bertz CT molecular complexity index is 833. The number of amides is 1. The van der Waals surface area contributed by atoms with Crippen LogP contribution in [0.3, 0.4) is 0 Å². The number of aliphatic hydroxyl groups excluding tert-OH is 1. The van der Waals surface area contributed by atoms with Crippen molar-refractivity contribution in [2.24, 2.45) is 0 Å². The summed E-state index contributed by atoms with van der Waals surface area (Å²) in [5.41, 5.74) is 1.28. The van der Waals surface area contributed by atoms with E-state index in [0.29, 0.717) is 25.5 Å². The van der Waals surface area contributed by atoms with Gasteiger partial charge in [-0.15, -0.1) is 0 Å². The van der Waals surface area contributed by atoms with Crippen molar-refractivity contribution in [1.29, 1.82) is 0 Å². The Balaban J connectivity index is 1.55. The van der Waals surface area contributed by atoms with Crippen molar-refractivity contribution in [2.45, 2.75) is 25.4 Å². The molecule has 0 bridgehead atoms. The highest BCUT2D eigenvalue weighted by Crippen LogP contribution is 2.12. The first-order valence-corrected chi connectivity index (χ1v) is 10.5. The zero-order valence-electron chi connectivity index (χ0n) is 17.8. The van der Waals surface area contributed by atoms with Gasteiger partial charge >= 0.3 is 5.97 Å². The molecular weight excluding hydrogens is 400 g/mol. The fourth-order valence-corrected chi connectivity index (χ4v) is 3.53. The molecule has 1 amide bonds. The molecule has 9 heteroatoms. The topological polar surface area (TPSA) is 108 Å². The lowest BCUT2D eigenvalue weighted by Gasteiger charge is -2.34. The molecule has 1 aromatic carbocycles. The molecule has 1 atom stereocenters. The molecule has 1 aliphatic heterocycles. The summed E-state index contributed by atoms with van der Waals surface area (Å²) in [6.45, 7) is 4.25. The Hall–Kier alpha value is -2.75. The number of esters is 1. The van der Waals surface area contributed by atoms with Gasteiger partial charge in [0.05, 0.1) is 13.5 Å². The second-order valence-electron chi connectivity index (χ2n) is 7.48. The number of piperazine rings is 1. The number of aliphatic hydroxyl groups is 1. The van der Waals surface area contributed by atoms with Crippen molar-refractivity contribution in [3.05, 3.63) is 53.7 Å². The molecule has 0 radical (unpaired) electrons. The average Bonchev–Trinajstić information content (AvgIpc) is 3.29. The van der Waals surface area contributed by atoms with Gasteiger partial charge in [-0.3, -0.25) is 19.8 Å². The van der Waals surface area contributed by atoms with Gasteiger partial charge in [0.25, 0.3) is 5.91 Å². The van der Waals surface area contributed by atoms with Crippen LogP contribution in [0, 0.1) is 0 Å². The van der Waals surface area contributed by atoms with E-state index < -0.39 is 12.0 Å². The maximum absolute atomic E-state index is 12.8. The van der Waals surface area contributed by atoms with E-state index in [4.69, 9.17) is 14.3 Å². The van der Waals surface area contributed by atoms with Crippen molar-refractivity contribution in [1.82, 2.24) is 20.1 Å². The summed E-state index contributed by atoms with van der Waals surface area (Å²) >= 11 is 0. The number of carbonyl (C=O) groups excluding carboxylic acids is 2. The molecular formula is C22H30N4O5. The maximum Gasteiger partial charge on any atom is 0.323 e. The number of ether oxygens (including phenoxy) is 1. The quantitative estimate of drug-likeness (QED) is 0.530. The van der Waals surface area contributed by atoms with Crippen LogP contribution in [0.5, 0.6) is 0 Å². The summed E-state index contributed by atoms with van der Waals surface area (Å²) < 4.78 is 10.4. The highest BCUT2D eigenvalue weighted by molar-refractivity contribution is 5.92. The number of methoxy groups -OCH3 is 1. The number of carbonyl (C=O) groups is 2. The minimum atomic E-state index is -0.637. The van der Waals surface area contributed by atoms with Crippen LogP contribution in [0.15, 0.2) is 41.0 Å². The number of benzene rings is 1. The first kappa shape index (κ1) is 22.9. The molecule has 1 aromatic heterocycles. The Morgan fingerprint density at radius 2 is 1.97 bits per heavy atom. The van der Waals surface area contributed by atoms with Gasteiger partial charge in [0, 0.05) is 45.9 Å². The van der Waals surface area contributed by atoms with Gasteiger partial charge in [0.1, 0.15) is 12.3 Å². The van der Waals surface area contributed by atoms with Gasteiger partial charge in [-0.25, -0.2) is 4.98 Å². The van der Waals surface area contributed by atoms with Gasteiger partial charge in [-0.2, -0.15) is 0 Å². The normalized spacial score (nSPS) is 15.6. The third-order valence-corrected chi connectivity index (χ3v) is 5.32. The zero-order chi connectivity index (χ0) is 22.1. The van der Waals surface area contributed by atoms with E-state index in [1.54, 1.807) is 4.90 Å². The summed E-state index contributed by atoms with van der Waals surface area (Å²) in [4.78, 5) is 33.2. The number of nitrogens with one attached hydrogen (secondary N) is 1. The van der Waals surface area contributed by atoms with Crippen molar-refractivity contribution >= 4 is 11.9 Å². The molecule has 0 saturated carbocycles. The highest BCUT2D eigenvalue weighted by atomic mass is 16.5. The Morgan fingerprint density at radius 3 is 2.65 bits per heavy atom. The van der Waals surface area contributed by atoms with E-state index in [0.717, 1.165) is 31.6 Å². The van der Waals surface area contributed by atoms with Gasteiger partial charge in [-0.05, 0) is 12.0 Å². The molecule has 3 rings (SSSR count). The molecule has 1 saturated heterocycles. The Morgan fingerprint density at radius 1 is 1.23 bits per heavy atom. The van der Waals surface area contributed by atoms with E-state index in [9.17, 15) is 9.59 Å². The second kappa shape index (κ2) is 11.6. The fraction of sp³-hybridized carbons (Fsp3) is 0.500. The number of oxazole rings is 1. The van der Waals surface area contributed by atoms with E-state index in [-0.39, 0.29) is 24.6 Å². The SMILES string of the molecule is COC(=O)C(Cc1nc(C(=O)N2CCN(CCCO)CC2)co1)NCc1ccccc1. The van der Waals surface area contributed by atoms with Crippen LogP contribution in [-0.4, -0.2) is 84.2 Å². The average molecular weight is 431 g/mol. The van der Waals surface area contributed by atoms with Crippen LogP contribution in [0.4, 0.5) is 0 Å². The van der Waals surface area contributed by atoms with Crippen LogP contribution in [0.2, 0.25) is 0 Å². The maximum atomic E-state index is 12.8. The van der Waals surface area contributed by atoms with E-state index in [1.807, 2.05) is 30.3 Å². The predicted octanol–water partition coefficient (Wildman–Crippen LogP) is 0.689. The molecule has 0 spiro atoms. The smallest absolute Gasteiger partial charge is 0.323 e. The molecule has 2 N–H and O–H groups in total. The van der Waals surface area contributed by atoms with Gasteiger partial charge in [-0.1, -0.05) is 30.3 Å².